The van der Waals surface area contributed by atoms with Gasteiger partial charge in [-0.15, -0.1) is 0 Å². The average molecular weight is 192 g/mol. The van der Waals surface area contributed by atoms with Crippen LogP contribution in [0.2, 0.25) is 0 Å². The molecule has 1 heteroatoms. The highest BCUT2D eigenvalue weighted by atomic mass is 19.1. The summed E-state index contributed by atoms with van der Waals surface area (Å²) in [5, 5.41) is 0. The Morgan fingerprint density at radius 2 is 2.00 bits per heavy atom. The molecule has 0 unspecified atom stereocenters. The SMILES string of the molecule is CCCCC(=CF)Cc1ccccc1. The van der Waals surface area contributed by atoms with Gasteiger partial charge in [0.2, 0.25) is 0 Å². The van der Waals surface area contributed by atoms with E-state index in [4.69, 9.17) is 0 Å². The molecule has 0 spiro atoms. The number of unbranched alkanes of at least 4 members (excludes halogenated alkanes) is 1. The van der Waals surface area contributed by atoms with Crippen molar-refractivity contribution in [3.63, 3.8) is 0 Å². The molecule has 0 amide bonds. The molecule has 0 aliphatic rings. The van der Waals surface area contributed by atoms with E-state index in [0.717, 1.165) is 37.6 Å². The van der Waals surface area contributed by atoms with Gasteiger partial charge in [-0.2, -0.15) is 0 Å². The zero-order valence-corrected chi connectivity index (χ0v) is 8.67. The predicted octanol–water partition coefficient (Wildman–Crippen LogP) is 4.27. The van der Waals surface area contributed by atoms with Gasteiger partial charge in [-0.25, -0.2) is 4.39 Å². The first-order chi connectivity index (χ1) is 6.86. The number of rotatable bonds is 5. The Balaban J connectivity index is 2.50. The number of hydrogen-bond acceptors (Lipinski definition) is 0. The van der Waals surface area contributed by atoms with Crippen LogP contribution in [0.25, 0.3) is 0 Å². The second-order valence-electron chi connectivity index (χ2n) is 3.53. The molecule has 0 N–H and O–H groups in total. The van der Waals surface area contributed by atoms with E-state index < -0.39 is 0 Å². The molecule has 0 fully saturated rings. The molecule has 14 heavy (non-hydrogen) atoms. The monoisotopic (exact) mass is 192 g/mol. The predicted molar refractivity (Wildman–Crippen MR) is 58.9 cm³/mol. The molecule has 0 aliphatic carbocycles. The summed E-state index contributed by atoms with van der Waals surface area (Å²) < 4.78 is 12.5. The fraction of sp³-hybridized carbons (Fsp3) is 0.385. The van der Waals surface area contributed by atoms with Crippen LogP contribution in [0.15, 0.2) is 42.2 Å². The summed E-state index contributed by atoms with van der Waals surface area (Å²) in [7, 11) is 0. The van der Waals surface area contributed by atoms with Gasteiger partial charge >= 0.3 is 0 Å². The highest BCUT2D eigenvalue weighted by Gasteiger charge is 1.99. The number of allylic oxidation sites excluding steroid dienone is 1. The minimum atomic E-state index is 0.747. The van der Waals surface area contributed by atoms with Gasteiger partial charge in [0.1, 0.15) is 0 Å². The molecule has 0 aromatic heterocycles. The van der Waals surface area contributed by atoms with E-state index in [-0.39, 0.29) is 0 Å². The standard InChI is InChI=1S/C13H17F/c1-2-3-7-13(11-14)10-12-8-5-4-6-9-12/h4-6,8-9,11H,2-3,7,10H2,1H3. The Hall–Kier alpha value is -1.11. The minimum absolute atomic E-state index is 0.747. The van der Waals surface area contributed by atoms with Gasteiger partial charge in [0.05, 0.1) is 6.33 Å². The van der Waals surface area contributed by atoms with Crippen molar-refractivity contribution in [1.82, 2.24) is 0 Å². The molecule has 0 saturated carbocycles. The molecule has 0 bridgehead atoms. The first-order valence-corrected chi connectivity index (χ1v) is 5.19. The number of benzene rings is 1. The van der Waals surface area contributed by atoms with Crippen LogP contribution < -0.4 is 0 Å². The molecule has 1 aromatic rings. The highest BCUT2D eigenvalue weighted by Crippen LogP contribution is 2.14. The first-order valence-electron chi connectivity index (χ1n) is 5.19. The third-order valence-corrected chi connectivity index (χ3v) is 2.28. The van der Waals surface area contributed by atoms with Crippen LogP contribution >= 0.6 is 0 Å². The molecule has 0 atom stereocenters. The summed E-state index contributed by atoms with van der Waals surface area (Å²) in [5.41, 5.74) is 2.09. The van der Waals surface area contributed by atoms with Crippen LogP contribution in [-0.2, 0) is 6.42 Å². The molecule has 0 aliphatic heterocycles. The lowest BCUT2D eigenvalue weighted by atomic mass is 10.0. The van der Waals surface area contributed by atoms with Crippen molar-refractivity contribution in [3.05, 3.63) is 47.8 Å². The fourth-order valence-corrected chi connectivity index (χ4v) is 1.44. The first kappa shape index (κ1) is 11.0. The van der Waals surface area contributed by atoms with Crippen molar-refractivity contribution in [2.24, 2.45) is 0 Å². The topological polar surface area (TPSA) is 0 Å². The van der Waals surface area contributed by atoms with E-state index >= 15 is 0 Å². The summed E-state index contributed by atoms with van der Waals surface area (Å²) >= 11 is 0. The molecular weight excluding hydrogens is 175 g/mol. The quantitative estimate of drug-likeness (QED) is 0.653. The Labute approximate surface area is 85.5 Å². The van der Waals surface area contributed by atoms with Gasteiger partial charge in [0.15, 0.2) is 0 Å². The van der Waals surface area contributed by atoms with Crippen LogP contribution in [0.3, 0.4) is 0 Å². The van der Waals surface area contributed by atoms with Crippen molar-refractivity contribution in [2.45, 2.75) is 32.6 Å². The van der Waals surface area contributed by atoms with Gasteiger partial charge in [0, 0.05) is 0 Å². The lowest BCUT2D eigenvalue weighted by molar-refractivity contribution is 0.677. The second-order valence-corrected chi connectivity index (χ2v) is 3.53. The van der Waals surface area contributed by atoms with Gasteiger partial charge < -0.3 is 0 Å². The molecule has 1 aromatic carbocycles. The van der Waals surface area contributed by atoms with Crippen molar-refractivity contribution in [1.29, 1.82) is 0 Å². The van der Waals surface area contributed by atoms with Crippen molar-refractivity contribution in [3.8, 4) is 0 Å². The van der Waals surface area contributed by atoms with Gasteiger partial charge in [-0.3, -0.25) is 0 Å². The van der Waals surface area contributed by atoms with E-state index in [9.17, 15) is 4.39 Å². The van der Waals surface area contributed by atoms with Crippen molar-refractivity contribution < 1.29 is 4.39 Å². The zero-order valence-electron chi connectivity index (χ0n) is 8.67. The van der Waals surface area contributed by atoms with Crippen LogP contribution in [0, 0.1) is 0 Å². The smallest absolute Gasteiger partial charge is 0.0862 e. The van der Waals surface area contributed by atoms with E-state index in [1.807, 2.05) is 30.3 Å². The third kappa shape index (κ3) is 3.73. The highest BCUT2D eigenvalue weighted by molar-refractivity contribution is 5.20. The number of halogens is 1. The minimum Gasteiger partial charge on any atom is -0.216 e. The molecule has 0 radical (unpaired) electrons. The van der Waals surface area contributed by atoms with E-state index in [1.165, 1.54) is 5.56 Å². The largest absolute Gasteiger partial charge is 0.216 e. The van der Waals surface area contributed by atoms with E-state index in [1.54, 1.807) is 0 Å². The average Bonchev–Trinajstić information content (AvgIpc) is 2.25. The van der Waals surface area contributed by atoms with Gasteiger partial charge in [0.25, 0.3) is 0 Å². The molecule has 0 saturated heterocycles. The fourth-order valence-electron chi connectivity index (χ4n) is 1.44. The molecule has 0 heterocycles. The van der Waals surface area contributed by atoms with Crippen molar-refractivity contribution in [2.75, 3.05) is 0 Å². The maximum atomic E-state index is 12.5. The van der Waals surface area contributed by atoms with Gasteiger partial charge in [-0.1, -0.05) is 43.7 Å². The Morgan fingerprint density at radius 1 is 1.29 bits per heavy atom. The summed E-state index contributed by atoms with van der Waals surface area (Å²) in [6, 6.07) is 10.0. The van der Waals surface area contributed by atoms with E-state index in [2.05, 4.69) is 6.92 Å². The molecule has 1 rings (SSSR count). The van der Waals surface area contributed by atoms with Gasteiger partial charge in [-0.05, 0) is 30.4 Å². The number of hydrogen-bond donors (Lipinski definition) is 0. The normalized spacial score (nSPS) is 11.7. The maximum Gasteiger partial charge on any atom is 0.0862 e. The summed E-state index contributed by atoms with van der Waals surface area (Å²) in [5.74, 6) is 0. The summed E-state index contributed by atoms with van der Waals surface area (Å²) in [6.45, 7) is 2.12. The zero-order chi connectivity index (χ0) is 10.2. The Kier molecular flexibility index (Phi) is 4.98. The maximum absolute atomic E-state index is 12.5. The summed E-state index contributed by atoms with van der Waals surface area (Å²) in [6.07, 6.45) is 4.58. The van der Waals surface area contributed by atoms with Crippen molar-refractivity contribution >= 4 is 0 Å². The molecule has 0 nitrogen and oxygen atoms in total. The Morgan fingerprint density at radius 3 is 2.57 bits per heavy atom. The molecule has 76 valence electrons. The van der Waals surface area contributed by atoms with E-state index in [0.29, 0.717) is 0 Å². The summed E-state index contributed by atoms with van der Waals surface area (Å²) in [4.78, 5) is 0. The van der Waals surface area contributed by atoms with Crippen LogP contribution in [-0.4, -0.2) is 0 Å². The van der Waals surface area contributed by atoms with Crippen LogP contribution in [0.4, 0.5) is 4.39 Å². The molecular formula is C13H17F. The van der Waals surface area contributed by atoms with Crippen LogP contribution in [0.1, 0.15) is 31.7 Å². The Bertz CT molecular complexity index is 275. The lowest BCUT2D eigenvalue weighted by Crippen LogP contribution is -1.90. The second kappa shape index (κ2) is 6.36. The lowest BCUT2D eigenvalue weighted by Gasteiger charge is -2.04. The third-order valence-electron chi connectivity index (χ3n) is 2.28. The van der Waals surface area contributed by atoms with Crippen LogP contribution in [0.5, 0.6) is 0 Å².